The highest BCUT2D eigenvalue weighted by Gasteiger charge is 2.34. The molecule has 1 fully saturated rings. The number of imide groups is 1. The van der Waals surface area contributed by atoms with Crippen molar-refractivity contribution in [3.05, 3.63) is 58.0 Å². The van der Waals surface area contributed by atoms with Gasteiger partial charge in [0.05, 0.1) is 25.7 Å². The van der Waals surface area contributed by atoms with Crippen molar-refractivity contribution in [2.75, 3.05) is 27.4 Å². The number of rotatable bonds is 7. The molecule has 1 aliphatic rings. The molecule has 0 bridgehead atoms. The largest absolute Gasteiger partial charge is 0.493 e. The first-order valence-electron chi connectivity index (χ1n) is 8.37. The van der Waals surface area contributed by atoms with Gasteiger partial charge in [-0.25, -0.2) is 0 Å². The second-order valence-corrected chi connectivity index (χ2v) is 7.18. The van der Waals surface area contributed by atoms with Gasteiger partial charge < -0.3 is 14.2 Å². The highest BCUT2D eigenvalue weighted by atomic mass is 35.5. The summed E-state index contributed by atoms with van der Waals surface area (Å²) in [5.74, 6) is 1.42. The molecule has 0 saturated carbocycles. The molecule has 0 aromatic heterocycles. The maximum absolute atomic E-state index is 12.6. The molecular formula is C20H18ClNO5S. The lowest BCUT2D eigenvalue weighted by Crippen LogP contribution is -2.32. The molecule has 0 aliphatic carbocycles. The van der Waals surface area contributed by atoms with Crippen molar-refractivity contribution in [1.29, 1.82) is 0 Å². The van der Waals surface area contributed by atoms with E-state index in [2.05, 4.69) is 0 Å². The Hall–Kier alpha value is -2.64. The van der Waals surface area contributed by atoms with E-state index < -0.39 is 0 Å². The Morgan fingerprint density at radius 3 is 2.43 bits per heavy atom. The first kappa shape index (κ1) is 20.1. The molecule has 1 heterocycles. The molecule has 0 atom stereocenters. The summed E-state index contributed by atoms with van der Waals surface area (Å²) in [5, 5.41) is 0.287. The van der Waals surface area contributed by atoms with Crippen LogP contribution in [0.2, 0.25) is 5.02 Å². The van der Waals surface area contributed by atoms with Crippen molar-refractivity contribution in [2.45, 2.75) is 0 Å². The molecule has 28 heavy (non-hydrogen) atoms. The molecule has 2 amide bonds. The van der Waals surface area contributed by atoms with Crippen LogP contribution in [-0.4, -0.2) is 43.4 Å². The number of thioether (sulfide) groups is 1. The van der Waals surface area contributed by atoms with Gasteiger partial charge in [-0.15, -0.1) is 0 Å². The molecule has 0 N–H and O–H groups in total. The molecular weight excluding hydrogens is 402 g/mol. The molecule has 6 nitrogen and oxygen atoms in total. The van der Waals surface area contributed by atoms with Crippen molar-refractivity contribution in [2.24, 2.45) is 0 Å². The molecule has 0 unspecified atom stereocenters. The molecule has 2 aromatic rings. The maximum atomic E-state index is 12.6. The molecule has 0 spiro atoms. The Kier molecular flexibility index (Phi) is 6.49. The van der Waals surface area contributed by atoms with Crippen LogP contribution in [-0.2, 0) is 4.79 Å². The summed E-state index contributed by atoms with van der Waals surface area (Å²) < 4.78 is 16.0. The van der Waals surface area contributed by atoms with Gasteiger partial charge in [-0.05, 0) is 59.8 Å². The summed E-state index contributed by atoms with van der Waals surface area (Å²) >= 11 is 6.73. The lowest BCUT2D eigenvalue weighted by molar-refractivity contribution is -0.123. The molecule has 1 aliphatic heterocycles. The lowest BCUT2D eigenvalue weighted by Gasteiger charge is -2.13. The van der Waals surface area contributed by atoms with Gasteiger partial charge >= 0.3 is 0 Å². The van der Waals surface area contributed by atoms with E-state index >= 15 is 0 Å². The predicted molar refractivity (Wildman–Crippen MR) is 109 cm³/mol. The summed E-state index contributed by atoms with van der Waals surface area (Å²) in [4.78, 5) is 26.3. The van der Waals surface area contributed by atoms with Gasteiger partial charge in [-0.3, -0.25) is 14.5 Å². The molecule has 8 heteroatoms. The highest BCUT2D eigenvalue weighted by molar-refractivity contribution is 8.18. The van der Waals surface area contributed by atoms with Crippen molar-refractivity contribution >= 4 is 40.6 Å². The lowest BCUT2D eigenvalue weighted by atomic mass is 10.2. The minimum absolute atomic E-state index is 0.163. The fraction of sp³-hybridized carbons (Fsp3) is 0.200. The summed E-state index contributed by atoms with van der Waals surface area (Å²) in [6.07, 6.45) is 1.66. The second kappa shape index (κ2) is 9.03. The number of hydrogen-bond donors (Lipinski definition) is 0. The predicted octanol–water partition coefficient (Wildman–Crippen LogP) is 4.47. The van der Waals surface area contributed by atoms with Crippen molar-refractivity contribution in [3.8, 4) is 17.2 Å². The fourth-order valence-corrected chi connectivity index (χ4v) is 3.56. The number of benzene rings is 2. The number of carbonyl (C=O) groups is 2. The van der Waals surface area contributed by atoms with Crippen LogP contribution >= 0.6 is 23.4 Å². The van der Waals surface area contributed by atoms with Gasteiger partial charge in [0.2, 0.25) is 0 Å². The van der Waals surface area contributed by atoms with Gasteiger partial charge in [-0.1, -0.05) is 17.7 Å². The van der Waals surface area contributed by atoms with E-state index in [-0.39, 0.29) is 24.3 Å². The Labute approximate surface area is 172 Å². The molecule has 146 valence electrons. The van der Waals surface area contributed by atoms with E-state index in [0.29, 0.717) is 27.2 Å². The maximum Gasteiger partial charge on any atom is 0.293 e. The Bertz CT molecular complexity index is 913. The van der Waals surface area contributed by atoms with Gasteiger partial charge in [0.25, 0.3) is 11.1 Å². The smallest absolute Gasteiger partial charge is 0.293 e. The zero-order chi connectivity index (χ0) is 20.1. The second-order valence-electron chi connectivity index (χ2n) is 5.75. The topological polar surface area (TPSA) is 65.1 Å². The van der Waals surface area contributed by atoms with Crippen LogP contribution in [0.4, 0.5) is 4.79 Å². The third-order valence-electron chi connectivity index (χ3n) is 3.98. The Balaban J connectivity index is 1.65. The quantitative estimate of drug-likeness (QED) is 0.617. The van der Waals surface area contributed by atoms with Crippen LogP contribution in [0.1, 0.15) is 5.56 Å². The van der Waals surface area contributed by atoms with Crippen LogP contribution < -0.4 is 14.2 Å². The van der Waals surface area contributed by atoms with E-state index in [1.165, 1.54) is 12.0 Å². The highest BCUT2D eigenvalue weighted by Crippen LogP contribution is 2.34. The van der Waals surface area contributed by atoms with Gasteiger partial charge in [0.15, 0.2) is 11.5 Å². The van der Waals surface area contributed by atoms with E-state index in [0.717, 1.165) is 17.3 Å². The molecule has 1 saturated heterocycles. The number of amides is 2. The van der Waals surface area contributed by atoms with Crippen LogP contribution in [0.15, 0.2) is 47.4 Å². The molecule has 3 rings (SSSR count). The van der Waals surface area contributed by atoms with Gasteiger partial charge in [0, 0.05) is 5.02 Å². The zero-order valence-corrected chi connectivity index (χ0v) is 16.9. The average Bonchev–Trinajstić information content (AvgIpc) is 2.96. The number of carbonyl (C=O) groups excluding carboxylic acids is 2. The van der Waals surface area contributed by atoms with Gasteiger partial charge in [0.1, 0.15) is 12.4 Å². The van der Waals surface area contributed by atoms with Crippen LogP contribution in [0, 0.1) is 0 Å². The van der Waals surface area contributed by atoms with Crippen molar-refractivity contribution < 1.29 is 23.8 Å². The average molecular weight is 420 g/mol. The summed E-state index contributed by atoms with van der Waals surface area (Å²) in [6, 6.07) is 12.2. The Morgan fingerprint density at radius 2 is 1.75 bits per heavy atom. The Morgan fingerprint density at radius 1 is 1.04 bits per heavy atom. The van der Waals surface area contributed by atoms with Crippen LogP contribution in [0.25, 0.3) is 6.08 Å². The zero-order valence-electron chi connectivity index (χ0n) is 15.3. The van der Waals surface area contributed by atoms with Gasteiger partial charge in [-0.2, -0.15) is 0 Å². The minimum Gasteiger partial charge on any atom is -0.493 e. The molecule has 0 radical (unpaired) electrons. The summed E-state index contributed by atoms with van der Waals surface area (Å²) in [5.41, 5.74) is 0.737. The summed E-state index contributed by atoms with van der Waals surface area (Å²) in [7, 11) is 3.09. The van der Waals surface area contributed by atoms with E-state index in [1.807, 2.05) is 0 Å². The van der Waals surface area contributed by atoms with Crippen molar-refractivity contribution in [1.82, 2.24) is 4.90 Å². The van der Waals surface area contributed by atoms with E-state index in [9.17, 15) is 9.59 Å². The van der Waals surface area contributed by atoms with Crippen LogP contribution in [0.5, 0.6) is 17.2 Å². The van der Waals surface area contributed by atoms with Crippen LogP contribution in [0.3, 0.4) is 0 Å². The fourth-order valence-electron chi connectivity index (χ4n) is 2.57. The standard InChI is InChI=1S/C20H18ClNO5S/c1-25-16-8-3-13(11-17(16)26-2)12-18-19(23)22(20(24)28-18)9-10-27-15-6-4-14(21)5-7-15/h3-8,11-12H,9-10H2,1-2H3/b18-12-. The van der Waals surface area contributed by atoms with Crippen molar-refractivity contribution in [3.63, 3.8) is 0 Å². The first-order valence-corrected chi connectivity index (χ1v) is 9.57. The number of hydrogen-bond acceptors (Lipinski definition) is 6. The SMILES string of the molecule is COc1ccc(/C=C2\SC(=O)N(CCOc3ccc(Cl)cc3)C2=O)cc1OC. The monoisotopic (exact) mass is 419 g/mol. The number of halogens is 1. The van der Waals surface area contributed by atoms with E-state index in [1.54, 1.807) is 55.7 Å². The third kappa shape index (κ3) is 4.61. The summed E-state index contributed by atoms with van der Waals surface area (Å²) in [6.45, 7) is 0.361. The molecule has 2 aromatic carbocycles. The normalized spacial score (nSPS) is 15.2. The number of methoxy groups -OCH3 is 2. The number of ether oxygens (including phenoxy) is 3. The van der Waals surface area contributed by atoms with E-state index in [4.69, 9.17) is 25.8 Å². The first-order chi connectivity index (χ1) is 13.5. The minimum atomic E-state index is -0.343. The third-order valence-corrected chi connectivity index (χ3v) is 5.14. The number of nitrogens with zero attached hydrogens (tertiary/aromatic N) is 1.